The first-order valence-electron chi connectivity index (χ1n) is 12.1. The quantitative estimate of drug-likeness (QED) is 0.300. The number of fused-ring (bicyclic) bond motifs is 5. The first-order valence-corrected chi connectivity index (χ1v) is 12.1. The van der Waals surface area contributed by atoms with Gasteiger partial charge < -0.3 is 14.2 Å². The second-order valence-corrected chi connectivity index (χ2v) is 9.58. The van der Waals surface area contributed by atoms with Crippen molar-refractivity contribution in [1.29, 1.82) is 0 Å². The normalized spacial score (nSPS) is 24.0. The van der Waals surface area contributed by atoms with Crippen LogP contribution in [0.5, 0.6) is 17.2 Å². The van der Waals surface area contributed by atoms with Gasteiger partial charge in [-0.3, -0.25) is 14.4 Å². The van der Waals surface area contributed by atoms with E-state index in [-0.39, 0.29) is 5.91 Å². The van der Waals surface area contributed by atoms with Crippen molar-refractivity contribution < 1.29 is 28.6 Å². The van der Waals surface area contributed by atoms with Gasteiger partial charge in [-0.25, -0.2) is 4.90 Å². The Balaban J connectivity index is 1.52. The fourth-order valence-electron chi connectivity index (χ4n) is 5.81. The Kier molecular flexibility index (Phi) is 5.37. The van der Waals surface area contributed by atoms with E-state index < -0.39 is 35.5 Å². The first-order chi connectivity index (χ1) is 17.9. The number of imide groups is 1. The van der Waals surface area contributed by atoms with Crippen molar-refractivity contribution in [2.75, 3.05) is 19.1 Å². The van der Waals surface area contributed by atoms with Crippen LogP contribution in [0.15, 0.2) is 72.8 Å². The Morgan fingerprint density at radius 3 is 2.05 bits per heavy atom. The molecule has 0 unspecified atom stereocenters. The molecule has 1 aliphatic carbocycles. The van der Waals surface area contributed by atoms with Gasteiger partial charge in [0.1, 0.15) is 17.2 Å². The number of aryl methyl sites for hydroxylation is 1. The standard InChI is InChI=1S/C30H25NO6/c1-16-4-13-21-23-15-22(17-5-9-19(35-2)10-6-17)25-27(26(23)30(34)37-24(21)14-16)29(33)31(28(25)32)18-7-11-20(36-3)12-8-18/h4-15,22,25-27H,1-3H3/t22-,25-,26-,27+/m0/s1. The lowest BCUT2D eigenvalue weighted by Gasteiger charge is -2.38. The Labute approximate surface area is 214 Å². The van der Waals surface area contributed by atoms with E-state index in [0.717, 1.165) is 22.3 Å². The van der Waals surface area contributed by atoms with E-state index in [1.54, 1.807) is 38.5 Å². The summed E-state index contributed by atoms with van der Waals surface area (Å²) in [6.07, 6.45) is 1.98. The molecule has 0 N–H and O–H groups in total. The van der Waals surface area contributed by atoms with Crippen LogP contribution in [-0.4, -0.2) is 32.0 Å². The summed E-state index contributed by atoms with van der Waals surface area (Å²) in [5, 5.41) is 0. The molecule has 37 heavy (non-hydrogen) atoms. The van der Waals surface area contributed by atoms with Gasteiger partial charge in [-0.05, 0) is 66.1 Å². The molecule has 0 saturated carbocycles. The van der Waals surface area contributed by atoms with Crippen LogP contribution in [0.2, 0.25) is 0 Å². The number of carbonyl (C=O) groups is 3. The van der Waals surface area contributed by atoms with E-state index in [1.165, 1.54) is 4.90 Å². The summed E-state index contributed by atoms with van der Waals surface area (Å²) in [4.78, 5) is 42.5. The van der Waals surface area contributed by atoms with Crippen LogP contribution in [0.3, 0.4) is 0 Å². The summed E-state index contributed by atoms with van der Waals surface area (Å²) < 4.78 is 16.3. The van der Waals surface area contributed by atoms with Crippen molar-refractivity contribution in [2.45, 2.75) is 12.8 Å². The minimum Gasteiger partial charge on any atom is -0.497 e. The van der Waals surface area contributed by atoms with Crippen LogP contribution < -0.4 is 19.1 Å². The molecular formula is C30H25NO6. The van der Waals surface area contributed by atoms with Crippen molar-refractivity contribution in [3.8, 4) is 17.2 Å². The molecule has 186 valence electrons. The molecule has 0 bridgehead atoms. The number of ether oxygens (including phenoxy) is 3. The summed E-state index contributed by atoms with van der Waals surface area (Å²) in [5.41, 5.74) is 3.78. The molecule has 0 radical (unpaired) electrons. The number of hydrogen-bond donors (Lipinski definition) is 0. The topological polar surface area (TPSA) is 82.1 Å². The molecule has 2 amide bonds. The van der Waals surface area contributed by atoms with Crippen molar-refractivity contribution in [2.24, 2.45) is 17.8 Å². The summed E-state index contributed by atoms with van der Waals surface area (Å²) >= 11 is 0. The lowest BCUT2D eigenvalue weighted by Crippen LogP contribution is -2.42. The van der Waals surface area contributed by atoms with Gasteiger partial charge in [0.25, 0.3) is 0 Å². The van der Waals surface area contributed by atoms with Gasteiger partial charge in [-0.1, -0.05) is 30.3 Å². The summed E-state index contributed by atoms with van der Waals surface area (Å²) in [5.74, 6) is -2.38. The largest absolute Gasteiger partial charge is 0.497 e. The van der Waals surface area contributed by atoms with Crippen LogP contribution in [0, 0.1) is 24.7 Å². The highest BCUT2D eigenvalue weighted by atomic mass is 16.5. The molecule has 7 nitrogen and oxygen atoms in total. The third-order valence-corrected chi connectivity index (χ3v) is 7.58. The molecule has 3 aliphatic rings. The summed E-state index contributed by atoms with van der Waals surface area (Å²) in [6.45, 7) is 1.93. The minimum atomic E-state index is -0.886. The van der Waals surface area contributed by atoms with Gasteiger partial charge in [0.2, 0.25) is 11.8 Å². The van der Waals surface area contributed by atoms with Crippen molar-refractivity contribution >= 4 is 29.0 Å². The first kappa shape index (κ1) is 23.0. The zero-order chi connectivity index (χ0) is 25.8. The number of nitrogens with zero attached hydrogens (tertiary/aromatic N) is 1. The van der Waals surface area contributed by atoms with E-state index in [4.69, 9.17) is 14.2 Å². The second kappa shape index (κ2) is 8.62. The van der Waals surface area contributed by atoms with Crippen LogP contribution in [0.1, 0.15) is 22.6 Å². The number of allylic oxidation sites excluding steroid dienone is 1. The highest BCUT2D eigenvalue weighted by Crippen LogP contribution is 2.54. The number of amides is 2. The van der Waals surface area contributed by atoms with E-state index in [2.05, 4.69) is 0 Å². The third-order valence-electron chi connectivity index (χ3n) is 7.58. The zero-order valence-corrected chi connectivity index (χ0v) is 20.6. The Bertz CT molecular complexity index is 1460. The average molecular weight is 496 g/mol. The average Bonchev–Trinajstić information content (AvgIpc) is 3.18. The van der Waals surface area contributed by atoms with E-state index >= 15 is 0 Å². The van der Waals surface area contributed by atoms with Gasteiger partial charge in [0.05, 0.1) is 37.7 Å². The second-order valence-electron chi connectivity index (χ2n) is 9.58. The number of rotatable bonds is 4. The Hall–Kier alpha value is -4.39. The molecule has 7 heteroatoms. The predicted octanol–water partition coefficient (Wildman–Crippen LogP) is 4.53. The van der Waals surface area contributed by atoms with Gasteiger partial charge >= 0.3 is 5.97 Å². The van der Waals surface area contributed by atoms with Gasteiger partial charge in [0, 0.05) is 11.5 Å². The minimum absolute atomic E-state index is 0.334. The maximum absolute atomic E-state index is 14.0. The summed E-state index contributed by atoms with van der Waals surface area (Å²) in [7, 11) is 3.15. The van der Waals surface area contributed by atoms with Gasteiger partial charge in [-0.2, -0.15) is 0 Å². The highest BCUT2D eigenvalue weighted by Gasteiger charge is 2.60. The fraction of sp³-hybridized carbons (Fsp3) is 0.233. The van der Waals surface area contributed by atoms with Crippen LogP contribution in [0.25, 0.3) is 5.57 Å². The molecule has 3 aromatic rings. The smallest absolute Gasteiger partial charge is 0.319 e. The van der Waals surface area contributed by atoms with Crippen LogP contribution >= 0.6 is 0 Å². The lowest BCUT2D eigenvalue weighted by molar-refractivity contribution is -0.142. The number of methoxy groups -OCH3 is 2. The molecule has 2 heterocycles. The molecule has 2 aliphatic heterocycles. The monoisotopic (exact) mass is 495 g/mol. The molecule has 1 saturated heterocycles. The maximum atomic E-state index is 14.0. The van der Waals surface area contributed by atoms with Crippen molar-refractivity contribution in [3.05, 3.63) is 89.5 Å². The van der Waals surface area contributed by atoms with E-state index in [9.17, 15) is 14.4 Å². The van der Waals surface area contributed by atoms with Gasteiger partial charge in [0.15, 0.2) is 0 Å². The molecule has 3 aromatic carbocycles. The van der Waals surface area contributed by atoms with Crippen LogP contribution in [-0.2, 0) is 14.4 Å². The molecule has 6 rings (SSSR count). The fourth-order valence-corrected chi connectivity index (χ4v) is 5.81. The van der Waals surface area contributed by atoms with E-state index in [1.807, 2.05) is 55.5 Å². The van der Waals surface area contributed by atoms with Crippen molar-refractivity contribution in [1.82, 2.24) is 0 Å². The maximum Gasteiger partial charge on any atom is 0.319 e. The predicted molar refractivity (Wildman–Crippen MR) is 136 cm³/mol. The SMILES string of the molecule is COc1ccc([C@@H]2C=C3c4ccc(C)cc4OC(=O)[C@@H]3[C@@H]3C(=O)N(c4ccc(OC)cc4)C(=O)[C@H]32)cc1. The van der Waals surface area contributed by atoms with Crippen molar-refractivity contribution in [3.63, 3.8) is 0 Å². The van der Waals surface area contributed by atoms with Crippen LogP contribution in [0.4, 0.5) is 5.69 Å². The Morgan fingerprint density at radius 1 is 0.784 bits per heavy atom. The molecule has 1 fully saturated rings. The molecule has 4 atom stereocenters. The zero-order valence-electron chi connectivity index (χ0n) is 20.6. The van der Waals surface area contributed by atoms with Gasteiger partial charge in [-0.15, -0.1) is 0 Å². The molecule has 0 spiro atoms. The Morgan fingerprint density at radius 2 is 1.41 bits per heavy atom. The number of hydrogen-bond acceptors (Lipinski definition) is 6. The lowest BCUT2D eigenvalue weighted by atomic mass is 9.64. The number of esters is 1. The summed E-state index contributed by atoms with van der Waals surface area (Å²) in [6, 6.07) is 20.0. The number of anilines is 1. The molecular weight excluding hydrogens is 470 g/mol. The molecule has 0 aromatic heterocycles. The third kappa shape index (κ3) is 3.53. The van der Waals surface area contributed by atoms with E-state index in [0.29, 0.717) is 22.9 Å². The number of benzene rings is 3. The highest BCUT2D eigenvalue weighted by molar-refractivity contribution is 6.24. The number of carbonyl (C=O) groups excluding carboxylic acids is 3.